The molecule has 0 aromatic rings. The molecule has 0 spiro atoms. The van der Waals surface area contributed by atoms with Crippen LogP contribution in [0.1, 0.15) is 32.6 Å². The fourth-order valence-corrected chi connectivity index (χ4v) is 2.34. The number of hydrogen-bond donors (Lipinski definition) is 3. The van der Waals surface area contributed by atoms with Crippen molar-refractivity contribution in [3.63, 3.8) is 0 Å². The molecule has 0 saturated heterocycles. The minimum absolute atomic E-state index is 0.0566. The smallest absolute Gasteiger partial charge is 0.239 e. The Morgan fingerprint density at radius 1 is 1.30 bits per heavy atom. The van der Waals surface area contributed by atoms with Crippen molar-refractivity contribution in [1.29, 1.82) is 0 Å². The Bertz CT molecular complexity index is 322. The van der Waals surface area contributed by atoms with E-state index in [4.69, 9.17) is 4.74 Å². The molecule has 1 rings (SSSR count). The predicted octanol–water partition coefficient (Wildman–Crippen LogP) is 0.494. The highest BCUT2D eigenvalue weighted by atomic mass is 16.5. The number of amides is 1. The van der Waals surface area contributed by atoms with E-state index in [1.807, 2.05) is 0 Å². The number of carbonyl (C=O) groups is 1. The number of methoxy groups -OCH3 is 1. The number of hydrogen-bond acceptors (Lipinski definition) is 3. The van der Waals surface area contributed by atoms with Crippen molar-refractivity contribution in [2.45, 2.75) is 32.6 Å². The summed E-state index contributed by atoms with van der Waals surface area (Å²) in [5, 5.41) is 9.11. The summed E-state index contributed by atoms with van der Waals surface area (Å²) >= 11 is 0. The van der Waals surface area contributed by atoms with Crippen LogP contribution < -0.4 is 16.0 Å². The van der Waals surface area contributed by atoms with Gasteiger partial charge in [0.1, 0.15) is 0 Å². The van der Waals surface area contributed by atoms with Crippen molar-refractivity contribution >= 4 is 11.9 Å². The van der Waals surface area contributed by atoms with E-state index in [1.54, 1.807) is 14.2 Å². The molecule has 1 amide bonds. The van der Waals surface area contributed by atoms with Gasteiger partial charge in [-0.15, -0.1) is 0 Å². The molecule has 0 aromatic carbocycles. The van der Waals surface area contributed by atoms with E-state index in [0.717, 1.165) is 6.54 Å². The normalized spacial score (nSPS) is 17.2. The van der Waals surface area contributed by atoms with E-state index in [0.29, 0.717) is 24.5 Å². The van der Waals surface area contributed by atoms with Crippen LogP contribution >= 0.6 is 0 Å². The van der Waals surface area contributed by atoms with Crippen LogP contribution in [0.25, 0.3) is 0 Å². The summed E-state index contributed by atoms with van der Waals surface area (Å²) in [6, 6.07) is 0. The highest BCUT2D eigenvalue weighted by Crippen LogP contribution is 2.42. The van der Waals surface area contributed by atoms with Gasteiger partial charge in [0.15, 0.2) is 5.96 Å². The monoisotopic (exact) mass is 284 g/mol. The van der Waals surface area contributed by atoms with Gasteiger partial charge in [0.2, 0.25) is 5.91 Å². The van der Waals surface area contributed by atoms with Crippen molar-refractivity contribution in [2.24, 2.45) is 10.4 Å². The van der Waals surface area contributed by atoms with Gasteiger partial charge in [0.05, 0.1) is 13.2 Å². The molecule has 0 aromatic heterocycles. The molecule has 6 nitrogen and oxygen atoms in total. The second-order valence-corrected chi connectivity index (χ2v) is 5.33. The van der Waals surface area contributed by atoms with Crippen LogP contribution in [0, 0.1) is 5.41 Å². The van der Waals surface area contributed by atoms with Crippen LogP contribution in [0.5, 0.6) is 0 Å². The maximum Gasteiger partial charge on any atom is 0.239 e. The Balaban J connectivity index is 2.21. The molecule has 0 radical (unpaired) electrons. The van der Waals surface area contributed by atoms with Gasteiger partial charge in [-0.1, -0.05) is 13.3 Å². The zero-order valence-corrected chi connectivity index (χ0v) is 12.9. The number of aliphatic imine (C=N–C) groups is 1. The van der Waals surface area contributed by atoms with Gasteiger partial charge >= 0.3 is 0 Å². The maximum absolute atomic E-state index is 11.6. The third kappa shape index (κ3) is 5.36. The van der Waals surface area contributed by atoms with Crippen LogP contribution in [0.2, 0.25) is 0 Å². The number of carbonyl (C=O) groups excluding carboxylic acids is 1. The lowest BCUT2D eigenvalue weighted by molar-refractivity contribution is -0.120. The first-order valence-corrected chi connectivity index (χ1v) is 7.36. The lowest BCUT2D eigenvalue weighted by atomic mass is 9.67. The summed E-state index contributed by atoms with van der Waals surface area (Å²) in [6.07, 6.45) is 5.08. The lowest BCUT2D eigenvalue weighted by Gasteiger charge is -2.41. The Hall–Kier alpha value is -1.30. The van der Waals surface area contributed by atoms with Crippen LogP contribution in [0.4, 0.5) is 0 Å². The third-order valence-corrected chi connectivity index (χ3v) is 4.06. The molecule has 0 heterocycles. The van der Waals surface area contributed by atoms with E-state index in [9.17, 15) is 4.79 Å². The SMILES string of the molecule is CCC1(CNC(=NC)NCC(=O)NCCOC)CCC1. The van der Waals surface area contributed by atoms with Gasteiger partial charge in [-0.2, -0.15) is 0 Å². The molecule has 6 heteroatoms. The largest absolute Gasteiger partial charge is 0.383 e. The quantitative estimate of drug-likeness (QED) is 0.345. The first-order valence-electron chi connectivity index (χ1n) is 7.36. The molecule has 1 aliphatic rings. The van der Waals surface area contributed by atoms with Gasteiger partial charge in [0.25, 0.3) is 0 Å². The Labute approximate surface area is 121 Å². The van der Waals surface area contributed by atoms with Gasteiger partial charge in [-0.3, -0.25) is 9.79 Å². The Morgan fingerprint density at radius 3 is 2.55 bits per heavy atom. The first kappa shape index (κ1) is 16.8. The Morgan fingerprint density at radius 2 is 2.05 bits per heavy atom. The van der Waals surface area contributed by atoms with E-state index in [2.05, 4.69) is 27.9 Å². The topological polar surface area (TPSA) is 74.8 Å². The summed E-state index contributed by atoms with van der Waals surface area (Å²) in [6.45, 7) is 4.44. The fourth-order valence-electron chi connectivity index (χ4n) is 2.34. The summed E-state index contributed by atoms with van der Waals surface area (Å²) < 4.78 is 4.87. The van der Waals surface area contributed by atoms with Crippen LogP contribution in [0.15, 0.2) is 4.99 Å². The van der Waals surface area contributed by atoms with Gasteiger partial charge in [0, 0.05) is 27.2 Å². The molecule has 0 bridgehead atoms. The predicted molar refractivity (Wildman–Crippen MR) is 80.8 cm³/mol. The number of nitrogens with zero attached hydrogens (tertiary/aromatic N) is 1. The van der Waals surface area contributed by atoms with E-state index >= 15 is 0 Å². The summed E-state index contributed by atoms with van der Waals surface area (Å²) in [5.74, 6) is 0.630. The number of ether oxygens (including phenoxy) is 1. The molecule has 0 aliphatic heterocycles. The molecule has 20 heavy (non-hydrogen) atoms. The molecule has 1 aliphatic carbocycles. The van der Waals surface area contributed by atoms with Crippen molar-refractivity contribution in [3.8, 4) is 0 Å². The van der Waals surface area contributed by atoms with Crippen molar-refractivity contribution in [3.05, 3.63) is 0 Å². The van der Waals surface area contributed by atoms with Crippen molar-refractivity contribution in [1.82, 2.24) is 16.0 Å². The van der Waals surface area contributed by atoms with E-state index in [-0.39, 0.29) is 12.5 Å². The minimum atomic E-state index is -0.0566. The molecule has 1 saturated carbocycles. The van der Waals surface area contributed by atoms with E-state index in [1.165, 1.54) is 25.7 Å². The highest BCUT2D eigenvalue weighted by Gasteiger charge is 2.34. The van der Waals surface area contributed by atoms with E-state index < -0.39 is 0 Å². The zero-order chi connectivity index (χ0) is 14.8. The second-order valence-electron chi connectivity index (χ2n) is 5.33. The van der Waals surface area contributed by atoms with Crippen LogP contribution in [-0.2, 0) is 9.53 Å². The van der Waals surface area contributed by atoms with Crippen LogP contribution in [0.3, 0.4) is 0 Å². The number of guanidine groups is 1. The molecule has 3 N–H and O–H groups in total. The lowest BCUT2D eigenvalue weighted by Crippen LogP contribution is -2.48. The van der Waals surface area contributed by atoms with Crippen molar-refractivity contribution in [2.75, 3.05) is 40.4 Å². The van der Waals surface area contributed by atoms with Gasteiger partial charge < -0.3 is 20.7 Å². The second kappa shape index (κ2) is 8.79. The number of rotatable bonds is 8. The fraction of sp³-hybridized carbons (Fsp3) is 0.857. The maximum atomic E-state index is 11.6. The third-order valence-electron chi connectivity index (χ3n) is 4.06. The zero-order valence-electron chi connectivity index (χ0n) is 12.9. The molecule has 0 unspecified atom stereocenters. The molecular formula is C14H28N4O2. The molecule has 0 atom stereocenters. The average Bonchev–Trinajstić information content (AvgIpc) is 2.41. The van der Waals surface area contributed by atoms with Crippen LogP contribution in [-0.4, -0.2) is 52.3 Å². The molecule has 116 valence electrons. The highest BCUT2D eigenvalue weighted by molar-refractivity contribution is 5.86. The molecule has 1 fully saturated rings. The summed E-state index contributed by atoms with van der Waals surface area (Å²) in [4.78, 5) is 15.7. The average molecular weight is 284 g/mol. The molecular weight excluding hydrogens is 256 g/mol. The summed E-state index contributed by atoms with van der Waals surface area (Å²) in [5.41, 5.74) is 0.429. The number of nitrogens with one attached hydrogen (secondary N) is 3. The Kier molecular flexibility index (Phi) is 7.36. The minimum Gasteiger partial charge on any atom is -0.383 e. The van der Waals surface area contributed by atoms with Gasteiger partial charge in [-0.25, -0.2) is 0 Å². The first-order chi connectivity index (χ1) is 9.65. The van der Waals surface area contributed by atoms with Crippen molar-refractivity contribution < 1.29 is 9.53 Å². The summed E-state index contributed by atoms with van der Waals surface area (Å²) in [7, 11) is 3.33. The standard InChI is InChI=1S/C14H28N4O2/c1-4-14(6-5-7-14)11-18-13(15-2)17-10-12(19)16-8-9-20-3/h4-11H2,1-3H3,(H,16,19)(H2,15,17,18). The van der Waals surface area contributed by atoms with Gasteiger partial charge in [-0.05, 0) is 24.7 Å².